The highest BCUT2D eigenvalue weighted by atomic mass is 32.2. The van der Waals surface area contributed by atoms with Crippen LogP contribution in [0.2, 0.25) is 0 Å². The highest BCUT2D eigenvalue weighted by Crippen LogP contribution is 2.18. The molecule has 0 spiro atoms. The number of aromatic nitrogens is 2. The summed E-state index contributed by atoms with van der Waals surface area (Å²) in [7, 11) is -3.01. The van der Waals surface area contributed by atoms with Crippen molar-refractivity contribution in [3.8, 4) is 5.75 Å². The molecule has 1 aromatic rings. The first kappa shape index (κ1) is 14.7. The van der Waals surface area contributed by atoms with Gasteiger partial charge in [-0.2, -0.15) is 0 Å². The summed E-state index contributed by atoms with van der Waals surface area (Å²) >= 11 is 0. The number of carbonyl (C=O) groups excluding carboxylic acids is 1. The molecule has 1 fully saturated rings. The number of nitrogens with zero attached hydrogens (tertiary/aromatic N) is 3. The van der Waals surface area contributed by atoms with Crippen LogP contribution >= 0.6 is 0 Å². The van der Waals surface area contributed by atoms with Gasteiger partial charge in [-0.25, -0.2) is 18.4 Å². The Morgan fingerprint density at radius 3 is 2.70 bits per heavy atom. The molecule has 0 bridgehead atoms. The zero-order valence-electron chi connectivity index (χ0n) is 11.2. The van der Waals surface area contributed by atoms with Gasteiger partial charge in [0.15, 0.2) is 22.2 Å². The molecule has 20 heavy (non-hydrogen) atoms. The zero-order valence-corrected chi connectivity index (χ0v) is 12.0. The maximum Gasteiger partial charge on any atom is 0.260 e. The van der Waals surface area contributed by atoms with Crippen molar-refractivity contribution < 1.29 is 17.9 Å². The minimum absolute atomic E-state index is 0.0427. The zero-order chi connectivity index (χ0) is 14.6. The van der Waals surface area contributed by atoms with Crippen LogP contribution in [0.5, 0.6) is 5.75 Å². The van der Waals surface area contributed by atoms with Crippen molar-refractivity contribution in [3.05, 3.63) is 18.7 Å². The Kier molecular flexibility index (Phi) is 4.53. The van der Waals surface area contributed by atoms with Gasteiger partial charge in [0.05, 0.1) is 23.9 Å². The van der Waals surface area contributed by atoms with Gasteiger partial charge in [-0.05, 0) is 13.3 Å². The molecule has 1 unspecified atom stereocenters. The van der Waals surface area contributed by atoms with Crippen LogP contribution in [0.4, 0.5) is 0 Å². The van der Waals surface area contributed by atoms with Crippen LogP contribution in [0.25, 0.3) is 0 Å². The largest absolute Gasteiger partial charge is 0.481 e. The quantitative estimate of drug-likeness (QED) is 0.753. The van der Waals surface area contributed by atoms with E-state index >= 15 is 0 Å². The lowest BCUT2D eigenvalue weighted by atomic mass is 10.2. The van der Waals surface area contributed by atoms with Crippen molar-refractivity contribution in [1.82, 2.24) is 14.9 Å². The third kappa shape index (κ3) is 3.66. The fourth-order valence-electron chi connectivity index (χ4n) is 2.25. The standard InChI is InChI=1S/C12H17N3O4S/c1-2-15(10-3-4-20(17,18)8-10)12(16)7-19-11-5-13-9-14-6-11/h5-6,9-10H,2-4,7-8H2,1H3. The van der Waals surface area contributed by atoms with Gasteiger partial charge >= 0.3 is 0 Å². The maximum absolute atomic E-state index is 12.1. The molecule has 0 radical (unpaired) electrons. The summed E-state index contributed by atoms with van der Waals surface area (Å²) in [5.41, 5.74) is 0. The number of sulfone groups is 1. The Labute approximate surface area is 117 Å². The third-order valence-electron chi connectivity index (χ3n) is 3.21. The predicted molar refractivity (Wildman–Crippen MR) is 72.0 cm³/mol. The number of carbonyl (C=O) groups is 1. The van der Waals surface area contributed by atoms with E-state index in [1.54, 1.807) is 4.90 Å². The molecular formula is C12H17N3O4S. The Balaban J connectivity index is 1.93. The van der Waals surface area contributed by atoms with Crippen LogP contribution in [0.1, 0.15) is 13.3 Å². The summed E-state index contributed by atoms with van der Waals surface area (Å²) in [6.07, 6.45) is 4.81. The molecule has 1 aliphatic heterocycles. The molecule has 1 aromatic heterocycles. The van der Waals surface area contributed by atoms with E-state index in [1.807, 2.05) is 6.92 Å². The molecule has 110 valence electrons. The number of likely N-dealkylation sites (N-methyl/N-ethyl adjacent to an activating group) is 1. The van der Waals surface area contributed by atoms with Crippen LogP contribution in [-0.4, -0.2) is 59.9 Å². The van der Waals surface area contributed by atoms with Crippen molar-refractivity contribution >= 4 is 15.7 Å². The topological polar surface area (TPSA) is 89.5 Å². The SMILES string of the molecule is CCN(C(=O)COc1cncnc1)C1CCS(=O)(=O)C1. The van der Waals surface area contributed by atoms with Gasteiger partial charge in [0.1, 0.15) is 6.33 Å². The summed E-state index contributed by atoms with van der Waals surface area (Å²) in [6, 6.07) is -0.242. The van der Waals surface area contributed by atoms with Crippen molar-refractivity contribution in [2.75, 3.05) is 24.7 Å². The van der Waals surface area contributed by atoms with Gasteiger partial charge in [-0.3, -0.25) is 4.79 Å². The average Bonchev–Trinajstić information content (AvgIpc) is 2.78. The fourth-order valence-corrected chi connectivity index (χ4v) is 3.98. The summed E-state index contributed by atoms with van der Waals surface area (Å²) < 4.78 is 28.3. The van der Waals surface area contributed by atoms with Crippen LogP contribution in [0, 0.1) is 0 Å². The van der Waals surface area contributed by atoms with Gasteiger partial charge in [-0.15, -0.1) is 0 Å². The first-order chi connectivity index (χ1) is 9.52. The Hall–Kier alpha value is -1.70. The lowest BCUT2D eigenvalue weighted by molar-refractivity contribution is -0.135. The highest BCUT2D eigenvalue weighted by molar-refractivity contribution is 7.91. The third-order valence-corrected chi connectivity index (χ3v) is 4.96. The van der Waals surface area contributed by atoms with Gasteiger partial charge in [0, 0.05) is 12.6 Å². The van der Waals surface area contributed by atoms with Gasteiger partial charge in [0.2, 0.25) is 0 Å². The number of hydrogen-bond acceptors (Lipinski definition) is 6. The van der Waals surface area contributed by atoms with Crippen molar-refractivity contribution in [1.29, 1.82) is 0 Å². The van der Waals surface area contributed by atoms with Gasteiger partial charge in [-0.1, -0.05) is 0 Å². The number of ether oxygens (including phenoxy) is 1. The second kappa shape index (κ2) is 6.17. The molecule has 1 saturated heterocycles. The van der Waals surface area contributed by atoms with E-state index in [-0.39, 0.29) is 30.1 Å². The first-order valence-corrected chi connectivity index (χ1v) is 8.21. The van der Waals surface area contributed by atoms with Crippen molar-refractivity contribution in [2.24, 2.45) is 0 Å². The van der Waals surface area contributed by atoms with E-state index in [9.17, 15) is 13.2 Å². The summed E-state index contributed by atoms with van der Waals surface area (Å²) in [5, 5.41) is 0. The first-order valence-electron chi connectivity index (χ1n) is 6.39. The molecule has 7 nitrogen and oxygen atoms in total. The van der Waals surface area contributed by atoms with Crippen molar-refractivity contribution in [3.63, 3.8) is 0 Å². The lowest BCUT2D eigenvalue weighted by Crippen LogP contribution is -2.43. The molecule has 0 saturated carbocycles. The lowest BCUT2D eigenvalue weighted by Gasteiger charge is -2.26. The average molecular weight is 299 g/mol. The molecule has 0 N–H and O–H groups in total. The van der Waals surface area contributed by atoms with Gasteiger partial charge in [0.25, 0.3) is 5.91 Å². The van der Waals surface area contributed by atoms with E-state index in [2.05, 4.69) is 9.97 Å². The molecular weight excluding hydrogens is 282 g/mol. The number of hydrogen-bond donors (Lipinski definition) is 0. The molecule has 0 aliphatic carbocycles. The summed E-state index contributed by atoms with van der Waals surface area (Å²) in [5.74, 6) is 0.380. The summed E-state index contributed by atoms with van der Waals surface area (Å²) in [4.78, 5) is 21.2. The maximum atomic E-state index is 12.1. The molecule has 1 aliphatic rings. The molecule has 0 aromatic carbocycles. The second-order valence-corrected chi connectivity index (χ2v) is 6.83. The molecule has 2 heterocycles. The van der Waals surface area contributed by atoms with E-state index in [1.165, 1.54) is 18.7 Å². The molecule has 8 heteroatoms. The van der Waals surface area contributed by atoms with E-state index < -0.39 is 9.84 Å². The van der Waals surface area contributed by atoms with Crippen LogP contribution in [0.15, 0.2) is 18.7 Å². The molecule has 1 amide bonds. The van der Waals surface area contributed by atoms with E-state index in [4.69, 9.17) is 4.74 Å². The van der Waals surface area contributed by atoms with Crippen LogP contribution < -0.4 is 4.74 Å². The normalized spacial score (nSPS) is 20.6. The van der Waals surface area contributed by atoms with Crippen molar-refractivity contribution in [2.45, 2.75) is 19.4 Å². The fraction of sp³-hybridized carbons (Fsp3) is 0.583. The van der Waals surface area contributed by atoms with Gasteiger partial charge < -0.3 is 9.64 Å². The number of amides is 1. The molecule has 1 atom stereocenters. The minimum atomic E-state index is -3.01. The number of rotatable bonds is 5. The highest BCUT2D eigenvalue weighted by Gasteiger charge is 2.33. The van der Waals surface area contributed by atoms with Crippen LogP contribution in [0.3, 0.4) is 0 Å². The van der Waals surface area contributed by atoms with E-state index in [0.717, 1.165) is 0 Å². The smallest absolute Gasteiger partial charge is 0.260 e. The Bertz CT molecular complexity index is 561. The summed E-state index contributed by atoms with van der Waals surface area (Å²) in [6.45, 7) is 2.15. The second-order valence-electron chi connectivity index (χ2n) is 4.60. The predicted octanol–water partition coefficient (Wildman–Crippen LogP) is -0.109. The van der Waals surface area contributed by atoms with Crippen LogP contribution in [-0.2, 0) is 14.6 Å². The van der Waals surface area contributed by atoms with E-state index in [0.29, 0.717) is 18.7 Å². The molecule has 2 rings (SSSR count). The minimum Gasteiger partial charge on any atom is -0.481 e. The Morgan fingerprint density at radius 1 is 1.45 bits per heavy atom. The Morgan fingerprint density at radius 2 is 2.15 bits per heavy atom. The monoisotopic (exact) mass is 299 g/mol.